The summed E-state index contributed by atoms with van der Waals surface area (Å²) in [4.78, 5) is 24.3. The smallest absolute Gasteiger partial charge is 0.255 e. The third-order valence-electron chi connectivity index (χ3n) is 4.20. The molecule has 1 aliphatic carbocycles. The minimum absolute atomic E-state index is 0.0657. The topological polar surface area (TPSA) is 67.4 Å². The summed E-state index contributed by atoms with van der Waals surface area (Å²) in [5.41, 5.74) is 1.81. The molecule has 0 saturated heterocycles. The van der Waals surface area contributed by atoms with Gasteiger partial charge in [0.25, 0.3) is 11.8 Å². The maximum atomic E-state index is 12.3. The second-order valence-corrected chi connectivity index (χ2v) is 6.51. The summed E-state index contributed by atoms with van der Waals surface area (Å²) in [5.74, 6) is 0.505. The third-order valence-corrected chi connectivity index (χ3v) is 4.20. The maximum Gasteiger partial charge on any atom is 0.255 e. The van der Waals surface area contributed by atoms with Crippen LogP contribution in [0, 0.1) is 0 Å². The van der Waals surface area contributed by atoms with Crippen molar-refractivity contribution in [2.45, 2.75) is 38.6 Å². The second kappa shape index (κ2) is 8.52. The zero-order valence-corrected chi connectivity index (χ0v) is 15.0. The fraction of sp³-hybridized carbons (Fsp3) is 0.333. The number of hydrogen-bond acceptors (Lipinski definition) is 3. The summed E-state index contributed by atoms with van der Waals surface area (Å²) in [6.07, 6.45) is 4.21. The van der Waals surface area contributed by atoms with Gasteiger partial charge in [-0.25, -0.2) is 0 Å². The molecule has 0 heterocycles. The van der Waals surface area contributed by atoms with E-state index in [4.69, 9.17) is 4.74 Å². The molecule has 3 rings (SSSR count). The molecule has 5 nitrogen and oxygen atoms in total. The van der Waals surface area contributed by atoms with Crippen molar-refractivity contribution in [1.82, 2.24) is 5.32 Å². The standard InChI is InChI=1S/C21H24N2O3/c1-2-3-14-26-19-12-6-16(7-13-19)21(25)22-17-8-4-15(5-9-17)20(24)23-18-10-11-18/h4-9,12-13,18H,2-3,10-11,14H2,1H3,(H,22,25)(H,23,24). The Balaban J connectivity index is 1.54. The number of nitrogens with one attached hydrogen (secondary N) is 2. The highest BCUT2D eigenvalue weighted by Gasteiger charge is 2.23. The average molecular weight is 352 g/mol. The molecule has 1 fully saturated rings. The average Bonchev–Trinajstić information content (AvgIpc) is 3.47. The van der Waals surface area contributed by atoms with Gasteiger partial charge in [0.1, 0.15) is 5.75 Å². The normalized spacial score (nSPS) is 13.1. The molecule has 0 aromatic heterocycles. The van der Waals surface area contributed by atoms with E-state index in [1.54, 1.807) is 48.5 Å². The summed E-state index contributed by atoms with van der Waals surface area (Å²) >= 11 is 0. The van der Waals surface area contributed by atoms with Gasteiger partial charge in [0.2, 0.25) is 0 Å². The first-order chi connectivity index (χ1) is 12.7. The van der Waals surface area contributed by atoms with E-state index >= 15 is 0 Å². The predicted octanol–water partition coefficient (Wildman–Crippen LogP) is 4.01. The minimum atomic E-state index is -0.194. The fourth-order valence-electron chi connectivity index (χ4n) is 2.44. The van der Waals surface area contributed by atoms with Crippen molar-refractivity contribution in [3.63, 3.8) is 0 Å². The van der Waals surface area contributed by atoms with Crippen molar-refractivity contribution in [2.75, 3.05) is 11.9 Å². The predicted molar refractivity (Wildman–Crippen MR) is 102 cm³/mol. The molecule has 2 aromatic carbocycles. The largest absolute Gasteiger partial charge is 0.494 e. The van der Waals surface area contributed by atoms with Crippen LogP contribution >= 0.6 is 0 Å². The van der Waals surface area contributed by atoms with Gasteiger partial charge in [0.05, 0.1) is 6.61 Å². The van der Waals surface area contributed by atoms with Crippen LogP contribution in [0.3, 0.4) is 0 Å². The van der Waals surface area contributed by atoms with Crippen molar-refractivity contribution >= 4 is 17.5 Å². The van der Waals surface area contributed by atoms with E-state index in [0.29, 0.717) is 29.5 Å². The number of carbonyl (C=O) groups excluding carboxylic acids is 2. The van der Waals surface area contributed by atoms with Crippen LogP contribution < -0.4 is 15.4 Å². The number of hydrogen-bond donors (Lipinski definition) is 2. The quantitative estimate of drug-likeness (QED) is 0.706. The van der Waals surface area contributed by atoms with Gasteiger partial charge in [-0.2, -0.15) is 0 Å². The Bertz CT molecular complexity index is 750. The molecule has 2 N–H and O–H groups in total. The van der Waals surface area contributed by atoms with Crippen LogP contribution in [0.15, 0.2) is 48.5 Å². The van der Waals surface area contributed by atoms with Crippen LogP contribution in [0.1, 0.15) is 53.3 Å². The van der Waals surface area contributed by atoms with Gasteiger partial charge >= 0.3 is 0 Å². The molecule has 26 heavy (non-hydrogen) atoms. The zero-order valence-electron chi connectivity index (χ0n) is 15.0. The number of anilines is 1. The van der Waals surface area contributed by atoms with E-state index in [1.807, 2.05) is 0 Å². The number of amides is 2. The number of carbonyl (C=O) groups is 2. The molecule has 2 amide bonds. The van der Waals surface area contributed by atoms with Crippen LogP contribution in [-0.2, 0) is 0 Å². The second-order valence-electron chi connectivity index (χ2n) is 6.51. The lowest BCUT2D eigenvalue weighted by Crippen LogP contribution is -2.25. The van der Waals surface area contributed by atoms with Crippen LogP contribution in [0.5, 0.6) is 5.75 Å². The first-order valence-electron chi connectivity index (χ1n) is 9.11. The van der Waals surface area contributed by atoms with E-state index in [-0.39, 0.29) is 11.8 Å². The van der Waals surface area contributed by atoms with Crippen LogP contribution in [0.25, 0.3) is 0 Å². The van der Waals surface area contributed by atoms with E-state index in [2.05, 4.69) is 17.6 Å². The van der Waals surface area contributed by atoms with Gasteiger partial charge in [-0.1, -0.05) is 13.3 Å². The fourth-order valence-corrected chi connectivity index (χ4v) is 2.44. The summed E-state index contributed by atoms with van der Waals surface area (Å²) in [6.45, 7) is 2.80. The molecule has 1 aliphatic rings. The number of unbranched alkanes of at least 4 members (excludes halogenated alkanes) is 1. The molecule has 0 radical (unpaired) electrons. The Kier molecular flexibility index (Phi) is 5.89. The Labute approximate surface area is 153 Å². The highest BCUT2D eigenvalue weighted by atomic mass is 16.5. The highest BCUT2D eigenvalue weighted by Crippen LogP contribution is 2.20. The first kappa shape index (κ1) is 18.0. The van der Waals surface area contributed by atoms with Gasteiger partial charge in [0.15, 0.2) is 0 Å². The van der Waals surface area contributed by atoms with Gasteiger partial charge < -0.3 is 15.4 Å². The summed E-state index contributed by atoms with van der Waals surface area (Å²) in [5, 5.41) is 5.78. The van der Waals surface area contributed by atoms with Crippen molar-refractivity contribution in [3.8, 4) is 5.75 Å². The monoisotopic (exact) mass is 352 g/mol. The minimum Gasteiger partial charge on any atom is -0.494 e. The van der Waals surface area contributed by atoms with Crippen LogP contribution in [0.4, 0.5) is 5.69 Å². The SMILES string of the molecule is CCCCOc1ccc(C(=O)Nc2ccc(C(=O)NC3CC3)cc2)cc1. The van der Waals surface area contributed by atoms with E-state index < -0.39 is 0 Å². The Morgan fingerprint density at radius 1 is 0.962 bits per heavy atom. The molecular formula is C21H24N2O3. The third kappa shape index (κ3) is 5.09. The first-order valence-corrected chi connectivity index (χ1v) is 9.11. The Hall–Kier alpha value is -2.82. The molecule has 0 spiro atoms. The number of benzene rings is 2. The molecule has 0 aliphatic heterocycles. The molecule has 0 atom stereocenters. The van der Waals surface area contributed by atoms with Gasteiger partial charge in [-0.15, -0.1) is 0 Å². The molecule has 5 heteroatoms. The summed E-state index contributed by atoms with van der Waals surface area (Å²) in [7, 11) is 0. The van der Waals surface area contributed by atoms with Gasteiger partial charge in [-0.05, 0) is 67.8 Å². The van der Waals surface area contributed by atoms with Crippen molar-refractivity contribution in [2.24, 2.45) is 0 Å². The molecule has 0 unspecified atom stereocenters. The Morgan fingerprint density at radius 2 is 1.58 bits per heavy atom. The van der Waals surface area contributed by atoms with Crippen molar-refractivity contribution < 1.29 is 14.3 Å². The van der Waals surface area contributed by atoms with Crippen molar-refractivity contribution in [1.29, 1.82) is 0 Å². The Morgan fingerprint density at radius 3 is 2.19 bits per heavy atom. The number of rotatable bonds is 8. The lowest BCUT2D eigenvalue weighted by molar-refractivity contribution is 0.0950. The van der Waals surface area contributed by atoms with Crippen LogP contribution in [-0.4, -0.2) is 24.5 Å². The highest BCUT2D eigenvalue weighted by molar-refractivity contribution is 6.04. The lowest BCUT2D eigenvalue weighted by Gasteiger charge is -2.08. The van der Waals surface area contributed by atoms with Gasteiger partial charge in [0, 0.05) is 22.9 Å². The summed E-state index contributed by atoms with van der Waals surface area (Å²) in [6, 6.07) is 14.3. The molecular weight excluding hydrogens is 328 g/mol. The van der Waals surface area contributed by atoms with Crippen LogP contribution in [0.2, 0.25) is 0 Å². The molecule has 136 valence electrons. The number of ether oxygens (including phenoxy) is 1. The van der Waals surface area contributed by atoms with E-state index in [0.717, 1.165) is 31.4 Å². The maximum absolute atomic E-state index is 12.3. The van der Waals surface area contributed by atoms with Crippen molar-refractivity contribution in [3.05, 3.63) is 59.7 Å². The lowest BCUT2D eigenvalue weighted by atomic mass is 10.1. The zero-order chi connectivity index (χ0) is 18.4. The van der Waals surface area contributed by atoms with E-state index in [9.17, 15) is 9.59 Å². The summed E-state index contributed by atoms with van der Waals surface area (Å²) < 4.78 is 5.60. The molecule has 0 bridgehead atoms. The van der Waals surface area contributed by atoms with Gasteiger partial charge in [-0.3, -0.25) is 9.59 Å². The molecule has 2 aromatic rings. The van der Waals surface area contributed by atoms with E-state index in [1.165, 1.54) is 0 Å². The molecule has 1 saturated carbocycles.